The Balaban J connectivity index is 2.17. The number of aromatic nitrogens is 1. The summed E-state index contributed by atoms with van der Waals surface area (Å²) < 4.78 is 1.68. The first-order chi connectivity index (χ1) is 8.85. The highest BCUT2D eigenvalue weighted by Gasteiger charge is 2.36. The molecule has 5 heteroatoms. The molecule has 1 aromatic heterocycles. The van der Waals surface area contributed by atoms with Crippen LogP contribution in [0.4, 0.5) is 0 Å². The number of nitrogens with zero attached hydrogens (tertiary/aromatic N) is 3. The average Bonchev–Trinajstić information content (AvgIpc) is 2.73. The van der Waals surface area contributed by atoms with E-state index in [9.17, 15) is 9.90 Å². The van der Waals surface area contributed by atoms with E-state index in [1.54, 1.807) is 28.8 Å². The van der Waals surface area contributed by atoms with Gasteiger partial charge in [0.25, 0.3) is 5.91 Å². The molecule has 19 heavy (non-hydrogen) atoms. The summed E-state index contributed by atoms with van der Waals surface area (Å²) in [4.78, 5) is 14.2. The van der Waals surface area contributed by atoms with E-state index in [0.717, 1.165) is 0 Å². The van der Waals surface area contributed by atoms with Crippen LogP contribution in [0.1, 0.15) is 36.3 Å². The number of hydrogen-bond acceptors (Lipinski definition) is 3. The highest BCUT2D eigenvalue weighted by atomic mass is 16.3. The van der Waals surface area contributed by atoms with Crippen molar-refractivity contribution in [1.82, 2.24) is 9.47 Å². The Morgan fingerprint density at radius 1 is 1.63 bits per heavy atom. The molecule has 102 valence electrons. The van der Waals surface area contributed by atoms with Crippen LogP contribution in [0.5, 0.6) is 0 Å². The first-order valence-corrected chi connectivity index (χ1v) is 6.43. The zero-order chi connectivity index (χ0) is 14.2. The molecule has 1 fully saturated rings. The van der Waals surface area contributed by atoms with Crippen LogP contribution in [0.15, 0.2) is 12.3 Å². The lowest BCUT2D eigenvalue weighted by Crippen LogP contribution is -2.51. The maximum absolute atomic E-state index is 12.4. The van der Waals surface area contributed by atoms with Gasteiger partial charge in [-0.2, -0.15) is 5.26 Å². The van der Waals surface area contributed by atoms with E-state index < -0.39 is 5.60 Å². The van der Waals surface area contributed by atoms with E-state index in [0.29, 0.717) is 30.8 Å². The normalized spacial score (nSPS) is 27.1. The molecule has 1 aromatic rings. The summed E-state index contributed by atoms with van der Waals surface area (Å²) in [5, 5.41) is 19.0. The minimum atomic E-state index is -0.706. The van der Waals surface area contributed by atoms with E-state index in [4.69, 9.17) is 5.26 Å². The second-order valence-electron chi connectivity index (χ2n) is 5.60. The standard InChI is InChI=1S/C14H19N3O2/c1-10-8-17(5-4-14(10,2)19)13(18)12-6-11(7-15)9-16(12)3/h6,9-10,19H,4-5,8H2,1-3H3/t10-,14+/m1/s1. The van der Waals surface area contributed by atoms with Crippen molar-refractivity contribution < 1.29 is 9.90 Å². The van der Waals surface area contributed by atoms with Gasteiger partial charge in [0, 0.05) is 32.3 Å². The molecule has 0 bridgehead atoms. The Morgan fingerprint density at radius 2 is 2.32 bits per heavy atom. The van der Waals surface area contributed by atoms with Crippen LogP contribution in [-0.2, 0) is 7.05 Å². The summed E-state index contributed by atoms with van der Waals surface area (Å²) >= 11 is 0. The maximum Gasteiger partial charge on any atom is 0.270 e. The van der Waals surface area contributed by atoms with Crippen molar-refractivity contribution in [2.45, 2.75) is 25.9 Å². The third-order valence-electron chi connectivity index (χ3n) is 4.08. The van der Waals surface area contributed by atoms with E-state index in [1.165, 1.54) is 0 Å². The number of carbonyl (C=O) groups excluding carboxylic acids is 1. The van der Waals surface area contributed by atoms with Crippen LogP contribution < -0.4 is 0 Å². The first kappa shape index (κ1) is 13.6. The summed E-state index contributed by atoms with van der Waals surface area (Å²) in [6.07, 6.45) is 2.23. The summed E-state index contributed by atoms with van der Waals surface area (Å²) in [6.45, 7) is 4.85. The van der Waals surface area contributed by atoms with Gasteiger partial charge in [-0.15, -0.1) is 0 Å². The van der Waals surface area contributed by atoms with Crippen LogP contribution in [0.25, 0.3) is 0 Å². The minimum Gasteiger partial charge on any atom is -0.390 e. The molecule has 0 spiro atoms. The van der Waals surface area contributed by atoms with Gasteiger partial charge in [0.15, 0.2) is 0 Å². The number of amides is 1. The smallest absolute Gasteiger partial charge is 0.270 e. The number of aliphatic hydroxyl groups is 1. The van der Waals surface area contributed by atoms with Crippen molar-refractivity contribution in [3.63, 3.8) is 0 Å². The van der Waals surface area contributed by atoms with Crippen molar-refractivity contribution in [2.75, 3.05) is 13.1 Å². The molecule has 5 nitrogen and oxygen atoms in total. The summed E-state index contributed by atoms with van der Waals surface area (Å²) in [6, 6.07) is 3.65. The van der Waals surface area contributed by atoms with Crippen molar-refractivity contribution in [3.05, 3.63) is 23.5 Å². The third kappa shape index (κ3) is 2.49. The van der Waals surface area contributed by atoms with Gasteiger partial charge in [-0.3, -0.25) is 4.79 Å². The fraction of sp³-hybridized carbons (Fsp3) is 0.571. The SMILES string of the molecule is C[C@@H]1CN(C(=O)c2cc(C#N)cn2C)CC[C@]1(C)O. The molecule has 1 amide bonds. The molecular formula is C14H19N3O2. The molecule has 2 heterocycles. The number of hydrogen-bond donors (Lipinski definition) is 1. The average molecular weight is 261 g/mol. The van der Waals surface area contributed by atoms with E-state index in [-0.39, 0.29) is 11.8 Å². The van der Waals surface area contributed by atoms with Crippen LogP contribution >= 0.6 is 0 Å². The van der Waals surface area contributed by atoms with Crippen molar-refractivity contribution >= 4 is 5.91 Å². The molecule has 1 aliphatic heterocycles. The van der Waals surface area contributed by atoms with Gasteiger partial charge in [0.05, 0.1) is 11.2 Å². The molecule has 2 atom stereocenters. The Morgan fingerprint density at radius 3 is 2.84 bits per heavy atom. The summed E-state index contributed by atoms with van der Waals surface area (Å²) in [5.74, 6) is -0.0349. The van der Waals surface area contributed by atoms with Crippen molar-refractivity contribution in [2.24, 2.45) is 13.0 Å². The lowest BCUT2D eigenvalue weighted by molar-refractivity contribution is -0.0441. The topological polar surface area (TPSA) is 69.3 Å². The molecule has 1 saturated heterocycles. The summed E-state index contributed by atoms with van der Waals surface area (Å²) in [5.41, 5.74) is 0.302. The van der Waals surface area contributed by atoms with Gasteiger partial charge < -0.3 is 14.6 Å². The Kier molecular flexibility index (Phi) is 3.38. The number of aryl methyl sites for hydroxylation is 1. The molecule has 0 aromatic carbocycles. The predicted molar refractivity (Wildman–Crippen MR) is 70.4 cm³/mol. The fourth-order valence-corrected chi connectivity index (χ4v) is 2.41. The van der Waals surface area contributed by atoms with Gasteiger partial charge in [-0.25, -0.2) is 0 Å². The van der Waals surface area contributed by atoms with Gasteiger partial charge in [0.1, 0.15) is 11.8 Å². The second kappa shape index (κ2) is 4.71. The lowest BCUT2D eigenvalue weighted by Gasteiger charge is -2.41. The molecule has 1 aliphatic rings. The number of nitriles is 1. The second-order valence-corrected chi connectivity index (χ2v) is 5.60. The number of rotatable bonds is 1. The van der Waals surface area contributed by atoms with E-state index in [1.807, 2.05) is 19.9 Å². The molecule has 0 radical (unpaired) electrons. The zero-order valence-corrected chi connectivity index (χ0v) is 11.6. The minimum absolute atomic E-state index is 0.0425. The Labute approximate surface area is 113 Å². The fourth-order valence-electron chi connectivity index (χ4n) is 2.41. The first-order valence-electron chi connectivity index (χ1n) is 6.43. The lowest BCUT2D eigenvalue weighted by atomic mass is 9.84. The van der Waals surface area contributed by atoms with Crippen LogP contribution in [-0.4, -0.2) is 39.2 Å². The quantitative estimate of drug-likeness (QED) is 0.824. The third-order valence-corrected chi connectivity index (χ3v) is 4.08. The molecule has 0 saturated carbocycles. The van der Waals surface area contributed by atoms with Crippen LogP contribution in [0, 0.1) is 17.2 Å². The Bertz CT molecular complexity index is 539. The largest absolute Gasteiger partial charge is 0.390 e. The monoisotopic (exact) mass is 261 g/mol. The number of piperidine rings is 1. The summed E-state index contributed by atoms with van der Waals surface area (Å²) in [7, 11) is 1.76. The number of likely N-dealkylation sites (tertiary alicyclic amines) is 1. The van der Waals surface area contributed by atoms with Gasteiger partial charge in [-0.05, 0) is 19.4 Å². The molecule has 1 N–H and O–H groups in total. The highest BCUT2D eigenvalue weighted by Crippen LogP contribution is 2.28. The highest BCUT2D eigenvalue weighted by molar-refractivity contribution is 5.93. The molecule has 0 unspecified atom stereocenters. The van der Waals surface area contributed by atoms with E-state index in [2.05, 4.69) is 0 Å². The van der Waals surface area contributed by atoms with Gasteiger partial charge >= 0.3 is 0 Å². The van der Waals surface area contributed by atoms with Gasteiger partial charge in [-0.1, -0.05) is 6.92 Å². The zero-order valence-electron chi connectivity index (χ0n) is 11.6. The molecule has 2 rings (SSSR count). The molecule has 0 aliphatic carbocycles. The Hall–Kier alpha value is -1.80. The van der Waals surface area contributed by atoms with Crippen LogP contribution in [0.2, 0.25) is 0 Å². The maximum atomic E-state index is 12.4. The van der Waals surface area contributed by atoms with E-state index >= 15 is 0 Å². The van der Waals surface area contributed by atoms with Crippen LogP contribution in [0.3, 0.4) is 0 Å². The van der Waals surface area contributed by atoms with Crippen molar-refractivity contribution in [3.8, 4) is 6.07 Å². The molecular weight excluding hydrogens is 242 g/mol. The predicted octanol–water partition coefficient (Wildman–Crippen LogP) is 1.13. The van der Waals surface area contributed by atoms with Crippen molar-refractivity contribution in [1.29, 1.82) is 5.26 Å². The van der Waals surface area contributed by atoms with Gasteiger partial charge in [0.2, 0.25) is 0 Å². The number of carbonyl (C=O) groups is 1.